The fraction of sp³-hybridized carbons (Fsp3) is 0.929. The Morgan fingerprint density at radius 2 is 1.69 bits per heavy atom. The summed E-state index contributed by atoms with van der Waals surface area (Å²) in [5.41, 5.74) is -0.0322. The van der Waals surface area contributed by atoms with Crippen molar-refractivity contribution >= 4 is 5.78 Å². The number of Topliss-reactive ketones (excluding diaryl/α,β-unsaturated/α-hetero) is 1. The first-order valence-electron chi connectivity index (χ1n) is 6.37. The van der Waals surface area contributed by atoms with Gasteiger partial charge in [-0.3, -0.25) is 4.79 Å². The summed E-state index contributed by atoms with van der Waals surface area (Å²) in [7, 11) is 0. The number of nitrogens with one attached hydrogen (secondary N) is 1. The Morgan fingerprint density at radius 3 is 2.06 bits per heavy atom. The van der Waals surface area contributed by atoms with Gasteiger partial charge in [0.25, 0.3) is 0 Å². The second-order valence-electron chi connectivity index (χ2n) is 6.54. The highest BCUT2D eigenvalue weighted by Crippen LogP contribution is 2.34. The van der Waals surface area contributed by atoms with Crippen LogP contribution in [0.25, 0.3) is 0 Å². The quantitative estimate of drug-likeness (QED) is 0.722. The molecule has 0 aliphatic carbocycles. The van der Waals surface area contributed by atoms with Crippen LogP contribution < -0.4 is 5.32 Å². The molecule has 0 amide bonds. The van der Waals surface area contributed by atoms with Gasteiger partial charge in [0, 0.05) is 24.4 Å². The van der Waals surface area contributed by atoms with Gasteiger partial charge in [-0.15, -0.1) is 0 Å². The first kappa shape index (κ1) is 15.6. The molecular formula is C14H29NO. The summed E-state index contributed by atoms with van der Waals surface area (Å²) in [6, 6.07) is 0.504. The van der Waals surface area contributed by atoms with Gasteiger partial charge in [0.2, 0.25) is 0 Å². The standard InChI is InChI=1S/C14H29NO/c1-8-12(16)14(6,7)9-13(4,5)10-15-11(2)3/h11,15H,8-10H2,1-7H3. The summed E-state index contributed by atoms with van der Waals surface area (Å²) >= 11 is 0. The number of hydrogen-bond donors (Lipinski definition) is 1. The maximum Gasteiger partial charge on any atom is 0.138 e. The topological polar surface area (TPSA) is 29.1 Å². The van der Waals surface area contributed by atoms with Crippen molar-refractivity contribution in [2.45, 2.75) is 67.3 Å². The monoisotopic (exact) mass is 227 g/mol. The van der Waals surface area contributed by atoms with Crippen LogP contribution in [0.4, 0.5) is 0 Å². The van der Waals surface area contributed by atoms with Crippen LogP contribution in [0.15, 0.2) is 0 Å². The Kier molecular flexibility index (Phi) is 5.67. The highest BCUT2D eigenvalue weighted by molar-refractivity contribution is 5.83. The molecule has 16 heavy (non-hydrogen) atoms. The Morgan fingerprint density at radius 1 is 1.19 bits per heavy atom. The van der Waals surface area contributed by atoms with Gasteiger partial charge in [0.1, 0.15) is 5.78 Å². The Hall–Kier alpha value is -0.370. The molecule has 96 valence electrons. The highest BCUT2D eigenvalue weighted by atomic mass is 16.1. The molecule has 0 rings (SSSR count). The van der Waals surface area contributed by atoms with Crippen LogP contribution in [0.3, 0.4) is 0 Å². The molecule has 0 saturated heterocycles. The van der Waals surface area contributed by atoms with E-state index < -0.39 is 0 Å². The highest BCUT2D eigenvalue weighted by Gasteiger charge is 2.33. The molecule has 0 aliphatic rings. The average Bonchev–Trinajstić information content (AvgIpc) is 2.12. The molecule has 0 aromatic heterocycles. The van der Waals surface area contributed by atoms with E-state index in [1.165, 1.54) is 0 Å². The number of rotatable bonds is 7. The van der Waals surface area contributed by atoms with E-state index in [1.807, 2.05) is 6.92 Å². The van der Waals surface area contributed by atoms with Gasteiger partial charge in [-0.25, -0.2) is 0 Å². The van der Waals surface area contributed by atoms with E-state index in [1.54, 1.807) is 0 Å². The van der Waals surface area contributed by atoms with Gasteiger partial charge in [0.05, 0.1) is 0 Å². The summed E-state index contributed by atoms with van der Waals surface area (Å²) in [6.45, 7) is 15.8. The first-order valence-corrected chi connectivity index (χ1v) is 6.37. The van der Waals surface area contributed by atoms with Crippen molar-refractivity contribution in [2.75, 3.05) is 6.54 Å². The summed E-state index contributed by atoms with van der Waals surface area (Å²) in [6.07, 6.45) is 1.58. The van der Waals surface area contributed by atoms with Crippen molar-refractivity contribution < 1.29 is 4.79 Å². The third kappa shape index (κ3) is 5.64. The van der Waals surface area contributed by atoms with Crippen LogP contribution in [0.2, 0.25) is 0 Å². The molecule has 0 atom stereocenters. The fourth-order valence-corrected chi connectivity index (χ4v) is 2.32. The first-order chi connectivity index (χ1) is 7.10. The number of ketones is 1. The second-order valence-corrected chi connectivity index (χ2v) is 6.54. The van der Waals surface area contributed by atoms with Crippen LogP contribution in [0.1, 0.15) is 61.3 Å². The van der Waals surface area contributed by atoms with Crippen molar-refractivity contribution in [1.82, 2.24) is 5.32 Å². The van der Waals surface area contributed by atoms with Gasteiger partial charge in [-0.1, -0.05) is 48.5 Å². The van der Waals surface area contributed by atoms with Crippen molar-refractivity contribution in [3.8, 4) is 0 Å². The van der Waals surface area contributed by atoms with E-state index in [2.05, 4.69) is 46.9 Å². The van der Waals surface area contributed by atoms with Crippen LogP contribution in [-0.2, 0) is 4.79 Å². The van der Waals surface area contributed by atoms with Crippen molar-refractivity contribution in [1.29, 1.82) is 0 Å². The van der Waals surface area contributed by atoms with E-state index in [0.29, 0.717) is 18.2 Å². The Bertz CT molecular complexity index is 229. The van der Waals surface area contributed by atoms with Crippen molar-refractivity contribution in [2.24, 2.45) is 10.8 Å². The minimum absolute atomic E-state index is 0.165. The predicted octanol–water partition coefficient (Wildman–Crippen LogP) is 3.41. The molecule has 0 aromatic rings. The second kappa shape index (κ2) is 5.81. The molecular weight excluding hydrogens is 198 g/mol. The van der Waals surface area contributed by atoms with Crippen LogP contribution in [0.5, 0.6) is 0 Å². The van der Waals surface area contributed by atoms with E-state index in [-0.39, 0.29) is 10.8 Å². The molecule has 2 nitrogen and oxygen atoms in total. The zero-order valence-corrected chi connectivity index (χ0v) is 12.1. The largest absolute Gasteiger partial charge is 0.314 e. The summed E-state index contributed by atoms with van der Waals surface area (Å²) in [5, 5.41) is 3.45. The van der Waals surface area contributed by atoms with Crippen LogP contribution in [0, 0.1) is 10.8 Å². The molecule has 0 bridgehead atoms. The van der Waals surface area contributed by atoms with Crippen LogP contribution >= 0.6 is 0 Å². The Labute approximate surface area is 101 Å². The lowest BCUT2D eigenvalue weighted by atomic mass is 9.72. The lowest BCUT2D eigenvalue weighted by molar-refractivity contribution is -0.128. The van der Waals surface area contributed by atoms with Crippen molar-refractivity contribution in [3.05, 3.63) is 0 Å². The molecule has 0 fully saturated rings. The lowest BCUT2D eigenvalue weighted by Gasteiger charge is -2.34. The predicted molar refractivity (Wildman–Crippen MR) is 70.6 cm³/mol. The number of carbonyl (C=O) groups is 1. The molecule has 2 heteroatoms. The van der Waals surface area contributed by atoms with Gasteiger partial charge in [-0.05, 0) is 11.8 Å². The average molecular weight is 227 g/mol. The molecule has 0 spiro atoms. The van der Waals surface area contributed by atoms with Gasteiger partial charge >= 0.3 is 0 Å². The third-order valence-corrected chi connectivity index (χ3v) is 2.99. The van der Waals surface area contributed by atoms with E-state index >= 15 is 0 Å². The summed E-state index contributed by atoms with van der Waals surface area (Å²) < 4.78 is 0. The minimum Gasteiger partial charge on any atom is -0.314 e. The molecule has 0 aromatic carbocycles. The fourth-order valence-electron chi connectivity index (χ4n) is 2.32. The van der Waals surface area contributed by atoms with Gasteiger partial charge in [-0.2, -0.15) is 0 Å². The summed E-state index contributed by atoms with van der Waals surface area (Å²) in [5.74, 6) is 0.366. The van der Waals surface area contributed by atoms with Gasteiger partial charge < -0.3 is 5.32 Å². The van der Waals surface area contributed by atoms with E-state index in [4.69, 9.17) is 0 Å². The maximum atomic E-state index is 11.8. The smallest absolute Gasteiger partial charge is 0.138 e. The molecule has 0 unspecified atom stereocenters. The zero-order valence-electron chi connectivity index (χ0n) is 12.1. The molecule has 0 aliphatic heterocycles. The number of carbonyl (C=O) groups excluding carboxylic acids is 1. The Balaban J connectivity index is 4.39. The van der Waals surface area contributed by atoms with E-state index in [9.17, 15) is 4.79 Å². The zero-order chi connectivity index (χ0) is 13.0. The number of hydrogen-bond acceptors (Lipinski definition) is 2. The lowest BCUT2D eigenvalue weighted by Crippen LogP contribution is -2.38. The minimum atomic E-state index is -0.198. The van der Waals surface area contributed by atoms with E-state index in [0.717, 1.165) is 13.0 Å². The molecule has 0 saturated carbocycles. The third-order valence-electron chi connectivity index (χ3n) is 2.99. The SMILES string of the molecule is CCC(=O)C(C)(C)CC(C)(C)CNC(C)C. The van der Waals surface area contributed by atoms with Crippen LogP contribution in [-0.4, -0.2) is 18.4 Å². The molecule has 1 N–H and O–H groups in total. The molecule has 0 radical (unpaired) electrons. The maximum absolute atomic E-state index is 11.8. The van der Waals surface area contributed by atoms with Gasteiger partial charge in [0.15, 0.2) is 0 Å². The van der Waals surface area contributed by atoms with Crippen molar-refractivity contribution in [3.63, 3.8) is 0 Å². The summed E-state index contributed by atoms with van der Waals surface area (Å²) in [4.78, 5) is 11.8. The molecule has 0 heterocycles. The normalized spacial score (nSPS) is 13.2.